The van der Waals surface area contributed by atoms with Crippen molar-refractivity contribution in [2.24, 2.45) is 0 Å². The zero-order chi connectivity index (χ0) is 14.8. The Kier molecular flexibility index (Phi) is 5.83. The molecular weight excluding hydrogens is 287 g/mol. The quantitative estimate of drug-likeness (QED) is 0.286. The maximum Gasteiger partial charge on any atom is 0.469 e. The summed E-state index contributed by atoms with van der Waals surface area (Å²) in [5.41, 5.74) is 0. The smallest absolute Gasteiger partial charge is 0.388 e. The Bertz CT molecular complexity index is 329. The van der Waals surface area contributed by atoms with E-state index in [4.69, 9.17) is 19.3 Å². The van der Waals surface area contributed by atoms with E-state index in [1.165, 1.54) is 7.11 Å². The van der Waals surface area contributed by atoms with Crippen molar-refractivity contribution in [3.8, 4) is 0 Å². The first-order valence-electron chi connectivity index (χ1n) is 5.28. The largest absolute Gasteiger partial charge is 0.469 e. The lowest BCUT2D eigenvalue weighted by Gasteiger charge is -2.41. The van der Waals surface area contributed by atoms with Crippen molar-refractivity contribution in [1.29, 1.82) is 0 Å². The minimum atomic E-state index is -4.78. The van der Waals surface area contributed by atoms with Crippen LogP contribution < -0.4 is 0 Å². The first kappa shape index (κ1) is 16.9. The lowest BCUT2D eigenvalue weighted by Crippen LogP contribution is -2.61. The van der Waals surface area contributed by atoms with Crippen LogP contribution in [0.2, 0.25) is 0 Å². The third-order valence-corrected chi connectivity index (χ3v) is 3.12. The van der Waals surface area contributed by atoms with Crippen LogP contribution in [0.3, 0.4) is 0 Å². The summed E-state index contributed by atoms with van der Waals surface area (Å²) in [6.45, 7) is -0.828. The molecule has 11 heteroatoms. The molecular formula is C8H17O10P. The van der Waals surface area contributed by atoms with Crippen LogP contribution in [-0.4, -0.2) is 80.7 Å². The molecule has 6 atom stereocenters. The molecule has 0 unspecified atom stereocenters. The maximum absolute atomic E-state index is 10.5. The van der Waals surface area contributed by atoms with Crippen molar-refractivity contribution in [2.45, 2.75) is 36.8 Å². The van der Waals surface area contributed by atoms with Crippen LogP contribution in [-0.2, 0) is 18.6 Å². The molecule has 1 heterocycles. The zero-order valence-electron chi connectivity index (χ0n) is 9.93. The van der Waals surface area contributed by atoms with E-state index < -0.39 is 51.2 Å². The number of methoxy groups -OCH3 is 1. The molecule has 114 valence electrons. The number of ether oxygens (including phenoxy) is 2. The number of aliphatic hydroxyl groups is 4. The minimum Gasteiger partial charge on any atom is -0.388 e. The summed E-state index contributed by atoms with van der Waals surface area (Å²) in [7, 11) is -3.61. The molecule has 19 heavy (non-hydrogen) atoms. The molecule has 0 spiro atoms. The molecule has 0 aromatic heterocycles. The second kappa shape index (κ2) is 6.55. The Morgan fingerprint density at radius 2 is 1.79 bits per heavy atom. The summed E-state index contributed by atoms with van der Waals surface area (Å²) in [5, 5.41) is 38.2. The Balaban J connectivity index is 2.67. The predicted octanol–water partition coefficient (Wildman–Crippen LogP) is -3.09. The van der Waals surface area contributed by atoms with E-state index >= 15 is 0 Å². The van der Waals surface area contributed by atoms with Gasteiger partial charge in [0, 0.05) is 7.11 Å². The number of hydrogen-bond donors (Lipinski definition) is 6. The molecule has 0 aromatic rings. The molecule has 1 saturated heterocycles. The van der Waals surface area contributed by atoms with Crippen molar-refractivity contribution in [3.05, 3.63) is 0 Å². The molecule has 0 bridgehead atoms. The van der Waals surface area contributed by atoms with Gasteiger partial charge in [-0.2, -0.15) is 0 Å². The van der Waals surface area contributed by atoms with Crippen LogP contribution in [0.5, 0.6) is 0 Å². The third-order valence-electron chi connectivity index (χ3n) is 2.63. The number of aliphatic hydroxyl groups excluding tert-OH is 4. The first-order chi connectivity index (χ1) is 8.67. The highest BCUT2D eigenvalue weighted by atomic mass is 31.2. The fourth-order valence-electron chi connectivity index (χ4n) is 1.65. The van der Waals surface area contributed by atoms with Gasteiger partial charge in [0.2, 0.25) is 0 Å². The first-order valence-corrected chi connectivity index (χ1v) is 6.81. The van der Waals surface area contributed by atoms with Crippen molar-refractivity contribution < 1.29 is 48.8 Å². The van der Waals surface area contributed by atoms with Gasteiger partial charge in [0.05, 0.1) is 6.61 Å². The Morgan fingerprint density at radius 1 is 1.21 bits per heavy atom. The lowest BCUT2D eigenvalue weighted by atomic mass is 9.95. The lowest BCUT2D eigenvalue weighted by molar-refractivity contribution is -0.305. The molecule has 6 N–H and O–H groups in total. The molecule has 0 saturated carbocycles. The van der Waals surface area contributed by atoms with Crippen LogP contribution >= 0.6 is 7.82 Å². The molecule has 0 radical (unpaired) electrons. The van der Waals surface area contributed by atoms with Crippen molar-refractivity contribution in [1.82, 2.24) is 0 Å². The average Bonchev–Trinajstić information content (AvgIpc) is 2.33. The van der Waals surface area contributed by atoms with Crippen LogP contribution in [0.4, 0.5) is 0 Å². The molecule has 1 rings (SSSR count). The highest BCUT2D eigenvalue weighted by molar-refractivity contribution is 7.46. The van der Waals surface area contributed by atoms with Crippen molar-refractivity contribution in [3.63, 3.8) is 0 Å². The summed E-state index contributed by atoms with van der Waals surface area (Å²) in [6, 6.07) is 0. The fourth-order valence-corrected chi connectivity index (χ4v) is 2.00. The standard InChI is InChI=1S/C8H17O10P/c1-16-8-6(12)4(10)5(11)7(18-8)3(9)2-17-19(13,14)15/h3-12H,2H2,1H3,(H2,13,14,15)/t3-,4-,5-,6-,7+,8+/m0/s1. The van der Waals surface area contributed by atoms with E-state index in [1.54, 1.807) is 0 Å². The molecule has 1 aliphatic rings. The van der Waals surface area contributed by atoms with Gasteiger partial charge >= 0.3 is 7.82 Å². The molecule has 1 aliphatic heterocycles. The average molecular weight is 304 g/mol. The van der Waals surface area contributed by atoms with Crippen molar-refractivity contribution >= 4 is 7.82 Å². The van der Waals surface area contributed by atoms with Gasteiger partial charge in [0.1, 0.15) is 30.5 Å². The van der Waals surface area contributed by atoms with Crippen LogP contribution in [0.1, 0.15) is 0 Å². The normalized spacial score (nSPS) is 38.2. The van der Waals surface area contributed by atoms with Gasteiger partial charge in [0.15, 0.2) is 6.29 Å². The summed E-state index contributed by atoms with van der Waals surface area (Å²) in [6.07, 6.45) is -9.21. The Labute approximate surface area is 108 Å². The molecule has 0 amide bonds. The number of phosphoric ester groups is 1. The Morgan fingerprint density at radius 3 is 2.26 bits per heavy atom. The highest BCUT2D eigenvalue weighted by Crippen LogP contribution is 2.36. The maximum atomic E-state index is 10.5. The summed E-state index contributed by atoms with van der Waals surface area (Å²) < 4.78 is 24.2. The van der Waals surface area contributed by atoms with E-state index in [0.717, 1.165) is 0 Å². The van der Waals surface area contributed by atoms with Crippen LogP contribution in [0, 0.1) is 0 Å². The van der Waals surface area contributed by atoms with Gasteiger partial charge in [-0.25, -0.2) is 4.57 Å². The zero-order valence-corrected chi connectivity index (χ0v) is 10.8. The molecule has 0 aromatic carbocycles. The van der Waals surface area contributed by atoms with Gasteiger partial charge in [-0.1, -0.05) is 0 Å². The van der Waals surface area contributed by atoms with Crippen molar-refractivity contribution in [2.75, 3.05) is 13.7 Å². The van der Waals surface area contributed by atoms with Gasteiger partial charge in [-0.3, -0.25) is 4.52 Å². The molecule has 1 fully saturated rings. The number of rotatable bonds is 5. The Hall–Kier alpha value is -0.130. The van der Waals surface area contributed by atoms with E-state index in [1.807, 2.05) is 0 Å². The summed E-state index contributed by atoms with van der Waals surface area (Å²) in [4.78, 5) is 17.0. The second-order valence-corrected chi connectivity index (χ2v) is 5.27. The van der Waals surface area contributed by atoms with Gasteiger partial charge < -0.3 is 39.7 Å². The van der Waals surface area contributed by atoms with E-state index in [-0.39, 0.29) is 0 Å². The fraction of sp³-hybridized carbons (Fsp3) is 1.00. The SMILES string of the molecule is CO[C@@H]1O[C@H]([C@@H](O)COP(=O)(O)O)[C@@H](O)[C@H](O)[C@@H]1O. The van der Waals surface area contributed by atoms with Crippen LogP contribution in [0.25, 0.3) is 0 Å². The highest BCUT2D eigenvalue weighted by Gasteiger charge is 2.46. The third kappa shape index (κ3) is 4.43. The van der Waals surface area contributed by atoms with Gasteiger partial charge in [-0.15, -0.1) is 0 Å². The monoisotopic (exact) mass is 304 g/mol. The predicted molar refractivity (Wildman–Crippen MR) is 57.7 cm³/mol. The van der Waals surface area contributed by atoms with Crippen LogP contribution in [0.15, 0.2) is 0 Å². The molecule has 10 nitrogen and oxygen atoms in total. The topological polar surface area (TPSA) is 166 Å². The number of hydrogen-bond acceptors (Lipinski definition) is 8. The summed E-state index contributed by atoms with van der Waals surface area (Å²) >= 11 is 0. The van der Waals surface area contributed by atoms with E-state index in [9.17, 15) is 25.0 Å². The van der Waals surface area contributed by atoms with E-state index in [0.29, 0.717) is 0 Å². The summed E-state index contributed by atoms with van der Waals surface area (Å²) in [5.74, 6) is 0. The van der Waals surface area contributed by atoms with Gasteiger partial charge in [-0.05, 0) is 0 Å². The van der Waals surface area contributed by atoms with E-state index in [2.05, 4.69) is 4.52 Å². The molecule has 0 aliphatic carbocycles. The minimum absolute atomic E-state index is 0.828. The number of phosphoric acid groups is 1. The van der Waals surface area contributed by atoms with Gasteiger partial charge in [0.25, 0.3) is 0 Å². The second-order valence-electron chi connectivity index (χ2n) is 4.03.